The number of hydrogen-bond donors (Lipinski definition) is 2. The van der Waals surface area contributed by atoms with Gasteiger partial charge in [-0.2, -0.15) is 0 Å². The number of rotatable bonds is 5. The van der Waals surface area contributed by atoms with E-state index in [0.29, 0.717) is 18.5 Å². The number of carboxylic acids is 1. The van der Waals surface area contributed by atoms with E-state index in [4.69, 9.17) is 9.52 Å². The molecule has 2 aromatic rings. The second kappa shape index (κ2) is 6.06. The van der Waals surface area contributed by atoms with E-state index in [-0.39, 0.29) is 11.5 Å². The molecule has 1 aromatic carbocycles. The van der Waals surface area contributed by atoms with Gasteiger partial charge in [0.2, 0.25) is 5.91 Å². The highest BCUT2D eigenvalue weighted by atomic mass is 16.4. The number of furan rings is 1. The van der Waals surface area contributed by atoms with Crippen molar-refractivity contribution in [3.05, 3.63) is 53.5 Å². The van der Waals surface area contributed by atoms with Gasteiger partial charge in [-0.15, -0.1) is 0 Å². The van der Waals surface area contributed by atoms with Crippen LogP contribution in [-0.4, -0.2) is 17.0 Å². The molecule has 0 radical (unpaired) electrons. The van der Waals surface area contributed by atoms with Crippen molar-refractivity contribution in [1.29, 1.82) is 0 Å². The third-order valence-electron chi connectivity index (χ3n) is 2.81. The zero-order valence-corrected chi connectivity index (χ0v) is 11.1. The zero-order chi connectivity index (χ0) is 14.5. The van der Waals surface area contributed by atoms with Gasteiger partial charge in [0.1, 0.15) is 11.5 Å². The van der Waals surface area contributed by atoms with Crippen LogP contribution in [-0.2, 0) is 11.2 Å². The van der Waals surface area contributed by atoms with Gasteiger partial charge < -0.3 is 14.8 Å². The summed E-state index contributed by atoms with van der Waals surface area (Å²) in [4.78, 5) is 22.4. The lowest BCUT2D eigenvalue weighted by Crippen LogP contribution is -2.12. The molecule has 0 saturated heterocycles. The Labute approximate surface area is 116 Å². The average Bonchev–Trinajstić information content (AvgIpc) is 2.83. The SMILES string of the molecule is Cc1ccc(CCC(=O)Nc2ccc(C(=O)O)cc2)o1. The molecule has 0 atom stereocenters. The molecule has 2 N–H and O–H groups in total. The predicted molar refractivity (Wildman–Crippen MR) is 73.8 cm³/mol. The highest BCUT2D eigenvalue weighted by Gasteiger charge is 2.07. The monoisotopic (exact) mass is 273 g/mol. The molecule has 20 heavy (non-hydrogen) atoms. The Kier molecular flexibility index (Phi) is 4.20. The highest BCUT2D eigenvalue weighted by molar-refractivity contribution is 5.92. The van der Waals surface area contributed by atoms with Gasteiger partial charge in [-0.25, -0.2) is 4.79 Å². The van der Waals surface area contributed by atoms with Crippen LogP contribution in [0.4, 0.5) is 5.69 Å². The summed E-state index contributed by atoms with van der Waals surface area (Å²) in [6.45, 7) is 1.85. The Balaban J connectivity index is 1.86. The number of hydrogen-bond acceptors (Lipinski definition) is 3. The van der Waals surface area contributed by atoms with Crippen molar-refractivity contribution in [2.45, 2.75) is 19.8 Å². The molecule has 1 amide bonds. The first-order chi connectivity index (χ1) is 9.54. The topological polar surface area (TPSA) is 79.5 Å². The maximum atomic E-state index is 11.7. The Morgan fingerprint density at radius 2 is 1.85 bits per heavy atom. The summed E-state index contributed by atoms with van der Waals surface area (Å²) in [5.74, 6) is 0.474. The maximum Gasteiger partial charge on any atom is 0.335 e. The van der Waals surface area contributed by atoms with E-state index in [0.717, 1.165) is 11.5 Å². The standard InChI is InChI=1S/C15H15NO4/c1-10-2-7-13(20-10)8-9-14(17)16-12-5-3-11(4-6-12)15(18)19/h2-7H,8-9H2,1H3,(H,16,17)(H,18,19). The first kappa shape index (κ1) is 13.9. The van der Waals surface area contributed by atoms with E-state index in [9.17, 15) is 9.59 Å². The second-order valence-corrected chi connectivity index (χ2v) is 4.44. The van der Waals surface area contributed by atoms with Gasteiger partial charge in [0.05, 0.1) is 5.56 Å². The zero-order valence-electron chi connectivity index (χ0n) is 11.1. The summed E-state index contributed by atoms with van der Waals surface area (Å²) >= 11 is 0. The molecule has 0 bridgehead atoms. The minimum atomic E-state index is -0.990. The molecule has 0 aliphatic rings. The van der Waals surface area contributed by atoms with Crippen LogP contribution in [0.1, 0.15) is 28.3 Å². The third-order valence-corrected chi connectivity index (χ3v) is 2.81. The van der Waals surface area contributed by atoms with E-state index >= 15 is 0 Å². The first-order valence-corrected chi connectivity index (χ1v) is 6.23. The molecule has 0 unspecified atom stereocenters. The summed E-state index contributed by atoms with van der Waals surface area (Å²) < 4.78 is 5.38. The normalized spacial score (nSPS) is 10.2. The third kappa shape index (κ3) is 3.71. The van der Waals surface area contributed by atoms with Crippen molar-refractivity contribution < 1.29 is 19.1 Å². The fourth-order valence-corrected chi connectivity index (χ4v) is 1.78. The summed E-state index contributed by atoms with van der Waals surface area (Å²) in [6, 6.07) is 9.75. The minimum Gasteiger partial charge on any atom is -0.478 e. The number of carboxylic acid groups (broad SMARTS) is 1. The summed E-state index contributed by atoms with van der Waals surface area (Å²) in [6.07, 6.45) is 0.848. The Hall–Kier alpha value is -2.56. The lowest BCUT2D eigenvalue weighted by atomic mass is 10.2. The van der Waals surface area contributed by atoms with Gasteiger partial charge in [-0.1, -0.05) is 0 Å². The van der Waals surface area contributed by atoms with Gasteiger partial charge in [-0.3, -0.25) is 4.79 Å². The molecule has 5 heteroatoms. The smallest absolute Gasteiger partial charge is 0.335 e. The van der Waals surface area contributed by atoms with Gasteiger partial charge in [0.25, 0.3) is 0 Å². The Bertz CT molecular complexity index is 613. The molecular weight excluding hydrogens is 258 g/mol. The van der Waals surface area contributed by atoms with Crippen molar-refractivity contribution >= 4 is 17.6 Å². The van der Waals surface area contributed by atoms with Gasteiger partial charge in [0.15, 0.2) is 0 Å². The summed E-state index contributed by atoms with van der Waals surface area (Å²) in [5.41, 5.74) is 0.768. The second-order valence-electron chi connectivity index (χ2n) is 4.44. The molecule has 0 saturated carbocycles. The summed E-state index contributed by atoms with van der Waals surface area (Å²) in [5, 5.41) is 11.5. The van der Waals surface area contributed by atoms with Crippen LogP contribution in [0.25, 0.3) is 0 Å². The van der Waals surface area contributed by atoms with E-state index in [1.807, 2.05) is 19.1 Å². The molecule has 5 nitrogen and oxygen atoms in total. The predicted octanol–water partition coefficient (Wildman–Crippen LogP) is 2.86. The number of nitrogens with one attached hydrogen (secondary N) is 1. The van der Waals surface area contributed by atoms with E-state index < -0.39 is 5.97 Å². The fraction of sp³-hybridized carbons (Fsp3) is 0.200. The van der Waals surface area contributed by atoms with E-state index in [1.54, 1.807) is 12.1 Å². The number of benzene rings is 1. The van der Waals surface area contributed by atoms with Crippen molar-refractivity contribution in [2.75, 3.05) is 5.32 Å². The largest absolute Gasteiger partial charge is 0.478 e. The van der Waals surface area contributed by atoms with Crippen molar-refractivity contribution in [2.24, 2.45) is 0 Å². The molecule has 1 aromatic heterocycles. The van der Waals surface area contributed by atoms with E-state index in [2.05, 4.69) is 5.32 Å². The lowest BCUT2D eigenvalue weighted by Gasteiger charge is -2.04. The van der Waals surface area contributed by atoms with Gasteiger partial charge in [0, 0.05) is 18.5 Å². The van der Waals surface area contributed by atoms with Gasteiger partial charge >= 0.3 is 5.97 Å². The summed E-state index contributed by atoms with van der Waals surface area (Å²) in [7, 11) is 0. The lowest BCUT2D eigenvalue weighted by molar-refractivity contribution is -0.116. The van der Waals surface area contributed by atoms with Crippen LogP contribution in [0, 0.1) is 6.92 Å². The fourth-order valence-electron chi connectivity index (χ4n) is 1.78. The van der Waals surface area contributed by atoms with Crippen LogP contribution in [0.3, 0.4) is 0 Å². The van der Waals surface area contributed by atoms with Crippen molar-refractivity contribution in [3.63, 3.8) is 0 Å². The molecule has 0 fully saturated rings. The van der Waals surface area contributed by atoms with Crippen LogP contribution in [0.15, 0.2) is 40.8 Å². The Morgan fingerprint density at radius 1 is 1.15 bits per heavy atom. The van der Waals surface area contributed by atoms with Crippen LogP contribution < -0.4 is 5.32 Å². The van der Waals surface area contributed by atoms with Crippen LogP contribution >= 0.6 is 0 Å². The average molecular weight is 273 g/mol. The minimum absolute atomic E-state index is 0.137. The van der Waals surface area contributed by atoms with Crippen LogP contribution in [0.5, 0.6) is 0 Å². The number of carbonyl (C=O) groups is 2. The van der Waals surface area contributed by atoms with Crippen molar-refractivity contribution in [3.8, 4) is 0 Å². The van der Waals surface area contributed by atoms with E-state index in [1.165, 1.54) is 12.1 Å². The highest BCUT2D eigenvalue weighted by Crippen LogP contribution is 2.12. The number of aryl methyl sites for hydroxylation is 2. The maximum absolute atomic E-state index is 11.7. The molecule has 0 spiro atoms. The quantitative estimate of drug-likeness (QED) is 0.877. The van der Waals surface area contributed by atoms with Crippen molar-refractivity contribution in [1.82, 2.24) is 0 Å². The molecule has 2 rings (SSSR count). The Morgan fingerprint density at radius 3 is 2.40 bits per heavy atom. The molecule has 1 heterocycles. The number of carbonyl (C=O) groups excluding carboxylic acids is 1. The number of aromatic carboxylic acids is 1. The molecular formula is C15H15NO4. The molecule has 104 valence electrons. The first-order valence-electron chi connectivity index (χ1n) is 6.23. The number of anilines is 1. The van der Waals surface area contributed by atoms with Gasteiger partial charge in [-0.05, 0) is 43.3 Å². The molecule has 0 aliphatic heterocycles. The number of amides is 1. The van der Waals surface area contributed by atoms with Crippen LogP contribution in [0.2, 0.25) is 0 Å². The molecule has 0 aliphatic carbocycles.